The Morgan fingerprint density at radius 3 is 1.22 bits per heavy atom. The van der Waals surface area contributed by atoms with Crippen molar-refractivity contribution in [3.63, 3.8) is 0 Å². The number of aromatic hydroxyl groups is 2. The quantitative estimate of drug-likeness (QED) is 0.113. The van der Waals surface area contributed by atoms with Crippen molar-refractivity contribution in [2.75, 3.05) is 0 Å². The summed E-state index contributed by atoms with van der Waals surface area (Å²) in [6.07, 6.45) is -0.0646. The van der Waals surface area contributed by atoms with Crippen molar-refractivity contribution in [1.29, 1.82) is 0 Å². The molecule has 2 fully saturated rings. The Kier molecular flexibility index (Phi) is 11.9. The maximum atomic E-state index is 15.5. The largest absolute Gasteiger partial charge is 0.508 e. The molecule has 4 atom stereocenters. The topological polar surface area (TPSA) is 101 Å². The predicted molar refractivity (Wildman–Crippen MR) is 226 cm³/mol. The van der Waals surface area contributed by atoms with Crippen LogP contribution in [0.15, 0.2) is 158 Å². The van der Waals surface area contributed by atoms with Gasteiger partial charge in [-0.05, 0) is 109 Å². The fraction of sp³-hybridized carbons (Fsp3) is 0.260. The molecule has 9 nitrogen and oxygen atoms in total. The molecule has 0 unspecified atom stereocenters. The lowest BCUT2D eigenvalue weighted by Gasteiger charge is -2.37. The van der Waals surface area contributed by atoms with Crippen LogP contribution in [-0.2, 0) is 48.6 Å². The van der Waals surface area contributed by atoms with E-state index in [0.29, 0.717) is 39.1 Å². The van der Waals surface area contributed by atoms with Crippen molar-refractivity contribution in [3.8, 4) is 23.0 Å². The summed E-state index contributed by atoms with van der Waals surface area (Å²) < 4.78 is 25.9. The number of fused-ring (bicyclic) bond motifs is 1. The number of benzene rings is 6. The lowest BCUT2D eigenvalue weighted by Crippen LogP contribution is -2.51. The molecule has 6 aromatic carbocycles. The van der Waals surface area contributed by atoms with Crippen molar-refractivity contribution in [2.24, 2.45) is 0 Å². The minimum Gasteiger partial charge on any atom is -0.508 e. The van der Waals surface area contributed by atoms with Gasteiger partial charge in [0.1, 0.15) is 48.4 Å². The number of hydrogen-bond acceptors (Lipinski definition) is 7. The normalized spacial score (nSPS) is 19.9. The fourth-order valence-corrected chi connectivity index (χ4v) is 8.04. The van der Waals surface area contributed by atoms with Gasteiger partial charge in [-0.2, -0.15) is 0 Å². The minimum atomic E-state index is -0.928. The van der Waals surface area contributed by atoms with Gasteiger partial charge in [0.05, 0.1) is 12.1 Å². The summed E-state index contributed by atoms with van der Waals surface area (Å²) in [6.45, 7) is 5.37. The Bertz CT molecular complexity index is 2110. The average molecular weight is 791 g/mol. The van der Waals surface area contributed by atoms with Crippen LogP contribution in [0.25, 0.3) is 0 Å². The fourth-order valence-electron chi connectivity index (χ4n) is 8.04. The summed E-state index contributed by atoms with van der Waals surface area (Å²) in [7, 11) is 0. The molecule has 2 amide bonds. The smallest absolute Gasteiger partial charge is 0.321 e. The molecular weight excluding hydrogens is 741 g/mol. The molecule has 302 valence electrons. The number of urea groups is 1. The highest BCUT2D eigenvalue weighted by Crippen LogP contribution is 2.41. The molecule has 0 spiro atoms. The molecular formula is C50H50N2O7. The first-order valence-electron chi connectivity index (χ1n) is 20.2. The maximum absolute atomic E-state index is 15.5. The molecule has 2 aliphatic rings. The van der Waals surface area contributed by atoms with E-state index < -0.39 is 30.1 Å². The van der Waals surface area contributed by atoms with Crippen LogP contribution < -0.4 is 9.47 Å². The Balaban J connectivity index is 1.14. The lowest BCUT2D eigenvalue weighted by molar-refractivity contribution is -0.157. The maximum Gasteiger partial charge on any atom is 0.321 e. The van der Waals surface area contributed by atoms with E-state index in [1.165, 1.54) is 0 Å². The molecule has 0 radical (unpaired) electrons. The van der Waals surface area contributed by atoms with Gasteiger partial charge in [-0.15, -0.1) is 0 Å². The molecule has 0 aliphatic carbocycles. The first-order valence-corrected chi connectivity index (χ1v) is 20.2. The molecule has 0 bridgehead atoms. The number of carbonyl (C=O) groups is 1. The molecule has 0 aromatic heterocycles. The summed E-state index contributed by atoms with van der Waals surface area (Å²) in [4.78, 5) is 19.4. The second kappa shape index (κ2) is 17.7. The third-order valence-corrected chi connectivity index (χ3v) is 11.0. The van der Waals surface area contributed by atoms with E-state index >= 15 is 4.79 Å². The third-order valence-electron chi connectivity index (χ3n) is 11.0. The minimum absolute atomic E-state index is 0.147. The standard InChI is InChI=1S/C50H50N2O7/c1-50(2)58-47-45(29-35-13-21-41(53)22-14-35)51(31-37-17-25-43(26-18-37)56-33-39-9-5-3-6-10-39)49(55)52(46(48(47)59-50)30-36-15-23-42(54)24-16-36)32-38-19-27-44(28-20-38)57-34-40-11-7-4-8-12-40/h3-28,45-48,53-54H,29-34H2,1-2H3/t45-,46-,47+,48+/m1/s1. The van der Waals surface area contributed by atoms with Gasteiger partial charge >= 0.3 is 6.03 Å². The van der Waals surface area contributed by atoms with Crippen LogP contribution in [0.3, 0.4) is 0 Å². The summed E-state index contributed by atoms with van der Waals surface area (Å²) in [5.41, 5.74) is 5.95. The molecule has 2 heterocycles. The van der Waals surface area contributed by atoms with Crippen LogP contribution in [0.5, 0.6) is 23.0 Å². The van der Waals surface area contributed by atoms with Crippen LogP contribution in [-0.4, -0.2) is 56.1 Å². The first-order chi connectivity index (χ1) is 28.7. The monoisotopic (exact) mass is 790 g/mol. The van der Waals surface area contributed by atoms with Gasteiger partial charge < -0.3 is 39.0 Å². The number of phenols is 2. The number of carbonyl (C=O) groups excluding carboxylic acids is 1. The van der Waals surface area contributed by atoms with Crippen LogP contribution in [0.4, 0.5) is 4.79 Å². The average Bonchev–Trinajstić information content (AvgIpc) is 3.56. The molecule has 0 saturated carbocycles. The van der Waals surface area contributed by atoms with E-state index in [9.17, 15) is 10.2 Å². The molecule has 2 saturated heterocycles. The SMILES string of the molecule is CC1(C)O[C@@H]2[C@@H](O1)[C@@H](Cc1ccc(O)cc1)N(Cc1ccc(OCc3ccccc3)cc1)C(=O)N(Cc1ccc(OCc3ccccc3)cc1)[C@@H]2Cc1ccc(O)cc1. The summed E-state index contributed by atoms with van der Waals surface area (Å²) in [6, 6.07) is 49.2. The van der Waals surface area contributed by atoms with E-state index in [1.807, 2.05) is 157 Å². The van der Waals surface area contributed by atoms with Gasteiger partial charge in [0.25, 0.3) is 0 Å². The van der Waals surface area contributed by atoms with Crippen molar-refractivity contribution in [3.05, 3.63) is 191 Å². The Hall–Kier alpha value is -6.29. The van der Waals surface area contributed by atoms with Crippen LogP contribution in [0, 0.1) is 0 Å². The van der Waals surface area contributed by atoms with Crippen molar-refractivity contribution in [1.82, 2.24) is 9.80 Å². The van der Waals surface area contributed by atoms with Crippen molar-refractivity contribution in [2.45, 2.75) is 83.1 Å². The van der Waals surface area contributed by atoms with Gasteiger partial charge in [0.15, 0.2) is 5.79 Å². The van der Waals surface area contributed by atoms with Crippen molar-refractivity contribution < 1.29 is 34.0 Å². The van der Waals surface area contributed by atoms with Gasteiger partial charge in [-0.3, -0.25) is 0 Å². The highest BCUT2D eigenvalue weighted by molar-refractivity contribution is 5.76. The number of ether oxygens (including phenoxy) is 4. The Morgan fingerprint density at radius 2 is 0.847 bits per heavy atom. The molecule has 9 heteroatoms. The highest BCUT2D eigenvalue weighted by atomic mass is 16.8. The second-order valence-corrected chi connectivity index (χ2v) is 15.8. The molecule has 2 aliphatic heterocycles. The molecule has 59 heavy (non-hydrogen) atoms. The Labute approximate surface area is 346 Å². The zero-order valence-electron chi connectivity index (χ0n) is 33.4. The number of nitrogens with zero attached hydrogens (tertiary/aromatic N) is 2. The molecule has 8 rings (SSSR count). The molecule has 6 aromatic rings. The van der Waals surface area contributed by atoms with E-state index in [4.69, 9.17) is 18.9 Å². The van der Waals surface area contributed by atoms with Gasteiger partial charge in [-0.1, -0.05) is 109 Å². The van der Waals surface area contributed by atoms with Crippen LogP contribution in [0.1, 0.15) is 47.2 Å². The number of phenolic OH excluding ortho intramolecular Hbond substituents is 2. The van der Waals surface area contributed by atoms with Gasteiger partial charge in [0, 0.05) is 13.1 Å². The number of amides is 2. The zero-order chi connectivity index (χ0) is 40.8. The van der Waals surface area contributed by atoms with Gasteiger partial charge in [0.2, 0.25) is 0 Å². The van der Waals surface area contributed by atoms with Crippen molar-refractivity contribution >= 4 is 6.03 Å². The summed E-state index contributed by atoms with van der Waals surface area (Å²) in [5, 5.41) is 20.3. The van der Waals surface area contributed by atoms with E-state index in [2.05, 4.69) is 0 Å². The van der Waals surface area contributed by atoms with Crippen LogP contribution >= 0.6 is 0 Å². The number of hydrogen-bond donors (Lipinski definition) is 2. The zero-order valence-corrected chi connectivity index (χ0v) is 33.4. The number of rotatable bonds is 14. The van der Waals surface area contributed by atoms with E-state index in [1.54, 1.807) is 24.3 Å². The second-order valence-electron chi connectivity index (χ2n) is 15.8. The summed E-state index contributed by atoms with van der Waals surface area (Å²) in [5.74, 6) is 0.896. The van der Waals surface area contributed by atoms with Gasteiger partial charge in [-0.25, -0.2) is 4.79 Å². The first kappa shape index (κ1) is 39.5. The molecule has 2 N–H and O–H groups in total. The van der Waals surface area contributed by atoms with Crippen LogP contribution in [0.2, 0.25) is 0 Å². The predicted octanol–water partition coefficient (Wildman–Crippen LogP) is 9.44. The highest BCUT2D eigenvalue weighted by Gasteiger charge is 2.55. The van der Waals surface area contributed by atoms with E-state index in [-0.39, 0.29) is 17.5 Å². The third kappa shape index (κ3) is 9.88. The van der Waals surface area contributed by atoms with E-state index in [0.717, 1.165) is 44.9 Å². The summed E-state index contributed by atoms with van der Waals surface area (Å²) >= 11 is 0. The lowest BCUT2D eigenvalue weighted by atomic mass is 9.90. The Morgan fingerprint density at radius 1 is 0.492 bits per heavy atom.